The van der Waals surface area contributed by atoms with Gasteiger partial charge in [0.25, 0.3) is 0 Å². The van der Waals surface area contributed by atoms with Crippen LogP contribution in [0.3, 0.4) is 0 Å². The zero-order chi connectivity index (χ0) is 9.68. The van der Waals surface area contributed by atoms with Crippen LogP contribution in [0.1, 0.15) is 6.92 Å². The number of carbonyl (C=O) groups excluding carboxylic acids is 1. The van der Waals surface area contributed by atoms with Crippen molar-refractivity contribution in [1.82, 2.24) is 0 Å². The fourth-order valence-electron chi connectivity index (χ4n) is 0.896. The molecular formula is C10H12O2S. The number of aliphatic hydroxyl groups is 1. The van der Waals surface area contributed by atoms with Gasteiger partial charge in [-0.15, -0.1) is 11.8 Å². The van der Waals surface area contributed by atoms with Crippen molar-refractivity contribution < 1.29 is 9.90 Å². The summed E-state index contributed by atoms with van der Waals surface area (Å²) in [5.74, 6) is 0. The van der Waals surface area contributed by atoms with Crippen LogP contribution in [0.15, 0.2) is 35.2 Å². The van der Waals surface area contributed by atoms with Gasteiger partial charge in [0.15, 0.2) is 0 Å². The molecule has 0 saturated carbocycles. The van der Waals surface area contributed by atoms with Gasteiger partial charge in [-0.25, -0.2) is 0 Å². The van der Waals surface area contributed by atoms with Gasteiger partial charge in [0.05, 0.1) is 11.4 Å². The Balaban J connectivity index is 2.62. The molecule has 0 radical (unpaired) electrons. The second-order valence-corrected chi connectivity index (χ2v) is 4.02. The van der Waals surface area contributed by atoms with Crippen molar-refractivity contribution >= 4 is 18.0 Å². The van der Waals surface area contributed by atoms with E-state index in [-0.39, 0.29) is 5.25 Å². The number of aliphatic hydroxyl groups excluding tert-OH is 1. The van der Waals surface area contributed by atoms with Gasteiger partial charge in [-0.2, -0.15) is 0 Å². The van der Waals surface area contributed by atoms with E-state index in [0.717, 1.165) is 11.2 Å². The van der Waals surface area contributed by atoms with Crippen LogP contribution in [0.25, 0.3) is 0 Å². The Kier molecular flexibility index (Phi) is 3.99. The van der Waals surface area contributed by atoms with Gasteiger partial charge in [0.1, 0.15) is 6.29 Å². The Morgan fingerprint density at radius 1 is 1.38 bits per heavy atom. The highest BCUT2D eigenvalue weighted by Gasteiger charge is 2.14. The average Bonchev–Trinajstić information content (AvgIpc) is 2.15. The number of aldehydes is 1. The zero-order valence-electron chi connectivity index (χ0n) is 7.38. The largest absolute Gasteiger partial charge is 0.392 e. The van der Waals surface area contributed by atoms with Crippen molar-refractivity contribution in [2.45, 2.75) is 23.2 Å². The first kappa shape index (κ1) is 10.3. The molecule has 3 heteroatoms. The minimum Gasteiger partial charge on any atom is -0.392 e. The Bertz CT molecular complexity index is 259. The van der Waals surface area contributed by atoms with Crippen LogP contribution in [0.4, 0.5) is 0 Å². The summed E-state index contributed by atoms with van der Waals surface area (Å²) in [6, 6.07) is 9.58. The Hall–Kier alpha value is -0.800. The van der Waals surface area contributed by atoms with E-state index in [9.17, 15) is 9.90 Å². The maximum absolute atomic E-state index is 10.6. The summed E-state index contributed by atoms with van der Waals surface area (Å²) in [6.45, 7) is 1.62. The molecular weight excluding hydrogens is 184 g/mol. The van der Waals surface area contributed by atoms with Gasteiger partial charge in [-0.3, -0.25) is 0 Å². The molecule has 0 aliphatic carbocycles. The van der Waals surface area contributed by atoms with Crippen LogP contribution in [0, 0.1) is 0 Å². The van der Waals surface area contributed by atoms with Gasteiger partial charge < -0.3 is 9.90 Å². The third-order valence-corrected chi connectivity index (χ3v) is 2.95. The van der Waals surface area contributed by atoms with Crippen LogP contribution < -0.4 is 0 Å². The predicted molar refractivity (Wildman–Crippen MR) is 53.8 cm³/mol. The number of hydrogen-bond donors (Lipinski definition) is 1. The molecule has 2 nitrogen and oxygen atoms in total. The maximum atomic E-state index is 10.6. The van der Waals surface area contributed by atoms with E-state index >= 15 is 0 Å². The lowest BCUT2D eigenvalue weighted by Gasteiger charge is -2.12. The highest BCUT2D eigenvalue weighted by atomic mass is 32.2. The predicted octanol–water partition coefficient (Wildman–Crippen LogP) is 1.73. The van der Waals surface area contributed by atoms with Gasteiger partial charge in [-0.05, 0) is 19.1 Å². The lowest BCUT2D eigenvalue weighted by Crippen LogP contribution is -2.20. The van der Waals surface area contributed by atoms with E-state index in [1.165, 1.54) is 11.8 Å². The van der Waals surface area contributed by atoms with Crippen LogP contribution >= 0.6 is 11.8 Å². The van der Waals surface area contributed by atoms with Gasteiger partial charge >= 0.3 is 0 Å². The third kappa shape index (κ3) is 3.20. The molecule has 0 unspecified atom stereocenters. The van der Waals surface area contributed by atoms with Crippen molar-refractivity contribution in [3.05, 3.63) is 30.3 Å². The number of rotatable bonds is 4. The summed E-state index contributed by atoms with van der Waals surface area (Å²) in [6.07, 6.45) is 0.171. The summed E-state index contributed by atoms with van der Waals surface area (Å²) in [5.41, 5.74) is 0. The minimum atomic E-state index is -0.609. The van der Waals surface area contributed by atoms with E-state index in [4.69, 9.17) is 0 Å². The monoisotopic (exact) mass is 196 g/mol. The number of thioether (sulfide) groups is 1. The smallest absolute Gasteiger partial charge is 0.135 e. The highest BCUT2D eigenvalue weighted by molar-refractivity contribution is 8.00. The maximum Gasteiger partial charge on any atom is 0.135 e. The fraction of sp³-hybridized carbons (Fsp3) is 0.300. The van der Waals surface area contributed by atoms with Gasteiger partial charge in [0, 0.05) is 4.90 Å². The molecule has 0 amide bonds. The van der Waals surface area contributed by atoms with Crippen LogP contribution in [0.5, 0.6) is 0 Å². The highest BCUT2D eigenvalue weighted by Crippen LogP contribution is 2.23. The first-order valence-electron chi connectivity index (χ1n) is 4.09. The Labute approximate surface area is 82.0 Å². The molecule has 1 aromatic rings. The lowest BCUT2D eigenvalue weighted by molar-refractivity contribution is -0.108. The summed E-state index contributed by atoms with van der Waals surface area (Å²) in [5, 5.41) is 8.85. The zero-order valence-corrected chi connectivity index (χ0v) is 8.20. The normalized spacial score (nSPS) is 14.9. The molecule has 1 rings (SSSR count). The minimum absolute atomic E-state index is 0.373. The van der Waals surface area contributed by atoms with Gasteiger partial charge in [-0.1, -0.05) is 18.2 Å². The van der Waals surface area contributed by atoms with E-state index in [1.807, 2.05) is 30.3 Å². The van der Waals surface area contributed by atoms with E-state index < -0.39 is 6.10 Å². The van der Waals surface area contributed by atoms with E-state index in [2.05, 4.69) is 0 Å². The van der Waals surface area contributed by atoms with Crippen molar-refractivity contribution in [3.8, 4) is 0 Å². The van der Waals surface area contributed by atoms with Crippen LogP contribution in [0.2, 0.25) is 0 Å². The molecule has 0 heterocycles. The topological polar surface area (TPSA) is 37.3 Å². The van der Waals surface area contributed by atoms with Crippen molar-refractivity contribution in [2.75, 3.05) is 0 Å². The molecule has 1 N–H and O–H groups in total. The second kappa shape index (κ2) is 5.04. The van der Waals surface area contributed by atoms with Crippen molar-refractivity contribution in [2.24, 2.45) is 0 Å². The first-order valence-corrected chi connectivity index (χ1v) is 4.97. The molecule has 0 aromatic heterocycles. The SMILES string of the molecule is C[C@H](O)[C@H](C=O)Sc1ccccc1. The Morgan fingerprint density at radius 3 is 2.46 bits per heavy atom. The number of carbonyl (C=O) groups is 1. The summed E-state index contributed by atoms with van der Waals surface area (Å²) in [7, 11) is 0. The van der Waals surface area contributed by atoms with E-state index in [0.29, 0.717) is 0 Å². The van der Waals surface area contributed by atoms with Gasteiger partial charge in [0.2, 0.25) is 0 Å². The molecule has 0 bridgehead atoms. The van der Waals surface area contributed by atoms with Crippen molar-refractivity contribution in [3.63, 3.8) is 0 Å². The fourth-order valence-corrected chi connectivity index (χ4v) is 1.78. The summed E-state index contributed by atoms with van der Waals surface area (Å²) < 4.78 is 0. The standard InChI is InChI=1S/C10H12O2S/c1-8(12)10(7-11)13-9-5-3-2-4-6-9/h2-8,10,12H,1H3/t8-,10-/m0/s1. The summed E-state index contributed by atoms with van der Waals surface area (Å²) >= 11 is 1.38. The molecule has 2 atom stereocenters. The Morgan fingerprint density at radius 2 is 2.00 bits per heavy atom. The number of benzene rings is 1. The lowest BCUT2D eigenvalue weighted by atomic mass is 10.3. The van der Waals surface area contributed by atoms with Crippen molar-refractivity contribution in [1.29, 1.82) is 0 Å². The average molecular weight is 196 g/mol. The molecule has 1 aromatic carbocycles. The second-order valence-electron chi connectivity index (χ2n) is 2.77. The molecule has 70 valence electrons. The molecule has 13 heavy (non-hydrogen) atoms. The molecule has 0 fully saturated rings. The molecule has 0 aliphatic heterocycles. The molecule has 0 aliphatic rings. The van der Waals surface area contributed by atoms with Crippen LogP contribution in [-0.4, -0.2) is 22.7 Å². The van der Waals surface area contributed by atoms with E-state index in [1.54, 1.807) is 6.92 Å². The molecule has 0 saturated heterocycles. The quantitative estimate of drug-likeness (QED) is 0.588. The first-order chi connectivity index (χ1) is 6.24. The van der Waals surface area contributed by atoms with Crippen LogP contribution in [-0.2, 0) is 4.79 Å². The molecule has 0 spiro atoms. The third-order valence-electron chi connectivity index (χ3n) is 1.62. The summed E-state index contributed by atoms with van der Waals surface area (Å²) in [4.78, 5) is 11.6. The number of hydrogen-bond acceptors (Lipinski definition) is 3.